The second-order valence-electron chi connectivity index (χ2n) is 11.0. The molecule has 0 unspecified atom stereocenters. The number of fused-ring (bicyclic) bond motifs is 10. The Morgan fingerprint density at radius 3 is 1.95 bits per heavy atom. The molecule has 4 heteroatoms. The van der Waals surface area contributed by atoms with E-state index in [4.69, 9.17) is 0 Å². The summed E-state index contributed by atoms with van der Waals surface area (Å²) in [4.78, 5) is 2.59. The van der Waals surface area contributed by atoms with E-state index in [2.05, 4.69) is 153 Å². The van der Waals surface area contributed by atoms with Gasteiger partial charge in [-0.05, 0) is 60.7 Å². The molecule has 4 heterocycles. The number of para-hydroxylation sites is 5. The van der Waals surface area contributed by atoms with Gasteiger partial charge in [0.05, 0.1) is 27.8 Å². The number of aromatic nitrogens is 3. The lowest BCUT2D eigenvalue weighted by atomic mass is 10.1. The smallest absolute Gasteiger partial charge is 0.131 e. The van der Waals surface area contributed by atoms with Gasteiger partial charge in [0.25, 0.3) is 0 Å². The zero-order valence-electron chi connectivity index (χ0n) is 22.5. The molecule has 0 fully saturated rings. The SMILES string of the molecule is c1ccc(-n2c3ccccc3c3cc(-n4c5ccccc5c5c6cccc7c6n(c54)-c4ccccc4S7)ccc32)cc1. The highest BCUT2D eigenvalue weighted by molar-refractivity contribution is 7.99. The standard InChI is InChI=1S/C38H23N3S/c1-2-11-24(12-3-1)39-30-16-6-4-13-26(30)29-23-25(21-22-32(29)39)40-31-17-7-5-14-27(31)36-28-15-10-20-35-37(28)41(38(36)40)33-18-8-9-19-34(33)42-35/h1-23H. The fraction of sp³-hybridized carbons (Fsp3) is 0. The van der Waals surface area contributed by atoms with Crippen LogP contribution in [-0.4, -0.2) is 13.7 Å². The van der Waals surface area contributed by atoms with Gasteiger partial charge >= 0.3 is 0 Å². The number of hydrogen-bond donors (Lipinski definition) is 0. The average molecular weight is 554 g/mol. The van der Waals surface area contributed by atoms with Crippen LogP contribution in [0.1, 0.15) is 0 Å². The molecule has 0 radical (unpaired) electrons. The van der Waals surface area contributed by atoms with Gasteiger partial charge in [-0.2, -0.15) is 0 Å². The van der Waals surface area contributed by atoms with E-state index < -0.39 is 0 Å². The molecule has 0 N–H and O–H groups in total. The molecule has 3 nitrogen and oxygen atoms in total. The Balaban J connectivity index is 1.37. The third-order valence-electron chi connectivity index (χ3n) is 8.81. The lowest BCUT2D eigenvalue weighted by Crippen LogP contribution is -2.05. The molecule has 0 bridgehead atoms. The molecule has 10 rings (SSSR count). The highest BCUT2D eigenvalue weighted by atomic mass is 32.2. The van der Waals surface area contributed by atoms with Gasteiger partial charge in [0.2, 0.25) is 0 Å². The molecule has 1 aliphatic heterocycles. The van der Waals surface area contributed by atoms with Crippen LogP contribution < -0.4 is 0 Å². The lowest BCUT2D eigenvalue weighted by Gasteiger charge is -2.21. The molecule has 42 heavy (non-hydrogen) atoms. The van der Waals surface area contributed by atoms with Crippen molar-refractivity contribution < 1.29 is 0 Å². The Labute approximate surface area is 245 Å². The van der Waals surface area contributed by atoms with Gasteiger partial charge in [-0.15, -0.1) is 0 Å². The van der Waals surface area contributed by atoms with Crippen molar-refractivity contribution in [3.8, 4) is 17.1 Å². The minimum Gasteiger partial charge on any atom is -0.309 e. The summed E-state index contributed by atoms with van der Waals surface area (Å²) in [7, 11) is 0. The summed E-state index contributed by atoms with van der Waals surface area (Å²) in [6, 6.07) is 50.8. The first-order valence-corrected chi connectivity index (χ1v) is 15.1. The summed E-state index contributed by atoms with van der Waals surface area (Å²) in [5, 5.41) is 6.42. The fourth-order valence-electron chi connectivity index (χ4n) is 7.14. The maximum atomic E-state index is 2.50. The van der Waals surface area contributed by atoms with Crippen molar-refractivity contribution in [2.24, 2.45) is 0 Å². The molecule has 0 atom stereocenters. The van der Waals surface area contributed by atoms with Gasteiger partial charge in [-0.25, -0.2) is 0 Å². The molecule has 0 aliphatic carbocycles. The number of benzene rings is 6. The zero-order valence-corrected chi connectivity index (χ0v) is 23.3. The zero-order chi connectivity index (χ0) is 27.4. The van der Waals surface area contributed by atoms with Crippen molar-refractivity contribution in [2.75, 3.05) is 0 Å². The van der Waals surface area contributed by atoms with Crippen LogP contribution in [0.3, 0.4) is 0 Å². The summed E-state index contributed by atoms with van der Waals surface area (Å²) in [5.41, 5.74) is 9.76. The van der Waals surface area contributed by atoms with Crippen LogP contribution in [0.15, 0.2) is 149 Å². The molecule has 9 aromatic rings. The Morgan fingerprint density at radius 1 is 0.405 bits per heavy atom. The molecular formula is C38H23N3S. The van der Waals surface area contributed by atoms with Crippen molar-refractivity contribution in [1.82, 2.24) is 13.7 Å². The van der Waals surface area contributed by atoms with E-state index in [0.29, 0.717) is 0 Å². The minimum atomic E-state index is 1.17. The largest absolute Gasteiger partial charge is 0.309 e. The van der Waals surface area contributed by atoms with Gasteiger partial charge in [-0.3, -0.25) is 9.13 Å². The van der Waals surface area contributed by atoms with Crippen LogP contribution >= 0.6 is 11.8 Å². The van der Waals surface area contributed by atoms with Crippen molar-refractivity contribution >= 4 is 66.4 Å². The van der Waals surface area contributed by atoms with Crippen LogP contribution in [0.5, 0.6) is 0 Å². The van der Waals surface area contributed by atoms with Crippen molar-refractivity contribution in [1.29, 1.82) is 0 Å². The molecular weight excluding hydrogens is 531 g/mol. The molecule has 3 aromatic heterocycles. The van der Waals surface area contributed by atoms with Crippen LogP contribution in [-0.2, 0) is 0 Å². The number of nitrogens with zero attached hydrogens (tertiary/aromatic N) is 3. The summed E-state index contributed by atoms with van der Waals surface area (Å²) in [6.45, 7) is 0. The predicted molar refractivity (Wildman–Crippen MR) is 176 cm³/mol. The molecule has 6 aromatic carbocycles. The van der Waals surface area contributed by atoms with E-state index in [0.717, 1.165) is 0 Å². The maximum Gasteiger partial charge on any atom is 0.131 e. The van der Waals surface area contributed by atoms with Gasteiger partial charge in [0.1, 0.15) is 5.65 Å². The third kappa shape index (κ3) is 2.82. The Kier molecular flexibility index (Phi) is 4.38. The number of hydrogen-bond acceptors (Lipinski definition) is 1. The van der Waals surface area contributed by atoms with E-state index >= 15 is 0 Å². The quantitative estimate of drug-likeness (QED) is 0.208. The van der Waals surface area contributed by atoms with Crippen LogP contribution in [0.25, 0.3) is 71.7 Å². The normalized spacial score (nSPS) is 12.7. The first kappa shape index (κ1) is 22.5. The second kappa shape index (κ2) is 8.19. The van der Waals surface area contributed by atoms with Gasteiger partial charge in [0.15, 0.2) is 0 Å². The molecule has 196 valence electrons. The molecule has 1 aliphatic rings. The lowest BCUT2D eigenvalue weighted by molar-refractivity contribution is 1.03. The second-order valence-corrected chi connectivity index (χ2v) is 12.1. The Bertz CT molecular complexity index is 2550. The monoisotopic (exact) mass is 553 g/mol. The van der Waals surface area contributed by atoms with Gasteiger partial charge < -0.3 is 4.57 Å². The van der Waals surface area contributed by atoms with E-state index in [9.17, 15) is 0 Å². The maximum absolute atomic E-state index is 2.50. The van der Waals surface area contributed by atoms with Gasteiger partial charge in [0, 0.05) is 48.1 Å². The first-order valence-electron chi connectivity index (χ1n) is 14.3. The molecule has 0 saturated heterocycles. The molecule has 0 amide bonds. The summed E-state index contributed by atoms with van der Waals surface area (Å²) < 4.78 is 7.37. The van der Waals surface area contributed by atoms with Crippen molar-refractivity contribution in [3.63, 3.8) is 0 Å². The molecule has 0 spiro atoms. The fourth-order valence-corrected chi connectivity index (χ4v) is 8.24. The van der Waals surface area contributed by atoms with E-state index in [1.165, 1.54) is 81.5 Å². The highest BCUT2D eigenvalue weighted by Crippen LogP contribution is 2.49. The molecule has 0 saturated carbocycles. The first-order chi connectivity index (χ1) is 20.9. The highest BCUT2D eigenvalue weighted by Gasteiger charge is 2.27. The van der Waals surface area contributed by atoms with Crippen molar-refractivity contribution in [2.45, 2.75) is 9.79 Å². The summed E-state index contributed by atoms with van der Waals surface area (Å²) in [5.74, 6) is 0. The minimum absolute atomic E-state index is 1.17. The van der Waals surface area contributed by atoms with Gasteiger partial charge in [-0.1, -0.05) is 90.6 Å². The van der Waals surface area contributed by atoms with Crippen LogP contribution in [0.2, 0.25) is 0 Å². The van der Waals surface area contributed by atoms with E-state index in [1.807, 2.05) is 11.8 Å². The summed E-state index contributed by atoms with van der Waals surface area (Å²) >= 11 is 1.87. The van der Waals surface area contributed by atoms with E-state index in [1.54, 1.807) is 0 Å². The van der Waals surface area contributed by atoms with Crippen LogP contribution in [0.4, 0.5) is 0 Å². The average Bonchev–Trinajstić information content (AvgIpc) is 3.68. The summed E-state index contributed by atoms with van der Waals surface area (Å²) in [6.07, 6.45) is 0. The van der Waals surface area contributed by atoms with E-state index in [-0.39, 0.29) is 0 Å². The third-order valence-corrected chi connectivity index (χ3v) is 9.92. The Morgan fingerprint density at radius 2 is 1.07 bits per heavy atom. The van der Waals surface area contributed by atoms with Crippen molar-refractivity contribution in [3.05, 3.63) is 140 Å². The number of rotatable bonds is 2. The predicted octanol–water partition coefficient (Wildman–Crippen LogP) is 10.3. The topological polar surface area (TPSA) is 14.8 Å². The van der Waals surface area contributed by atoms with Crippen LogP contribution in [0, 0.1) is 0 Å². The Hall–Kier alpha value is -5.19.